The van der Waals surface area contributed by atoms with Crippen LogP contribution in [-0.4, -0.2) is 61.9 Å². The van der Waals surface area contributed by atoms with E-state index in [9.17, 15) is 5.11 Å². The Hall–Kier alpha value is -2.51. The number of anilines is 1. The number of hydrogen-bond donors (Lipinski definition) is 1. The summed E-state index contributed by atoms with van der Waals surface area (Å²) in [5, 5.41) is 15.5. The van der Waals surface area contributed by atoms with E-state index in [4.69, 9.17) is 0 Å². The van der Waals surface area contributed by atoms with Gasteiger partial charge < -0.3 is 10.0 Å². The van der Waals surface area contributed by atoms with Gasteiger partial charge in [-0.15, -0.1) is 0 Å². The minimum atomic E-state index is -0.750. The first-order valence-corrected chi connectivity index (χ1v) is 9.32. The maximum Gasteiger partial charge on any atom is 0.254 e. The van der Waals surface area contributed by atoms with E-state index in [-0.39, 0.29) is 0 Å². The molecule has 1 aliphatic rings. The van der Waals surface area contributed by atoms with E-state index in [1.807, 2.05) is 27.0 Å². The Bertz CT molecular complexity index is 940. The SMILES string of the molecule is Cc1nc2ncnn2c(N(C)CC2(O)CCN(Cc3ccccc3)C2)c1C. The topological polar surface area (TPSA) is 69.8 Å². The zero-order valence-electron chi connectivity index (χ0n) is 16.1. The maximum atomic E-state index is 11.2. The number of nitrogens with zero attached hydrogens (tertiary/aromatic N) is 6. The van der Waals surface area contributed by atoms with Crippen molar-refractivity contribution in [2.24, 2.45) is 0 Å². The van der Waals surface area contributed by atoms with Crippen LogP contribution in [0.4, 0.5) is 5.82 Å². The quantitative estimate of drug-likeness (QED) is 0.743. The van der Waals surface area contributed by atoms with Gasteiger partial charge in [0.15, 0.2) is 0 Å². The molecule has 0 bridgehead atoms. The number of likely N-dealkylation sites (tertiary alicyclic amines) is 1. The van der Waals surface area contributed by atoms with Crippen molar-refractivity contribution >= 4 is 11.6 Å². The summed E-state index contributed by atoms with van der Waals surface area (Å²) < 4.78 is 1.75. The lowest BCUT2D eigenvalue weighted by Gasteiger charge is -2.31. The molecule has 1 aliphatic heterocycles. The van der Waals surface area contributed by atoms with Crippen molar-refractivity contribution in [2.75, 3.05) is 31.6 Å². The fraction of sp³-hybridized carbons (Fsp3) is 0.450. The Morgan fingerprint density at radius 2 is 2.00 bits per heavy atom. The van der Waals surface area contributed by atoms with Crippen LogP contribution in [-0.2, 0) is 6.54 Å². The van der Waals surface area contributed by atoms with Gasteiger partial charge in [0.1, 0.15) is 12.1 Å². The highest BCUT2D eigenvalue weighted by Gasteiger charge is 2.37. The highest BCUT2D eigenvalue weighted by molar-refractivity contribution is 5.53. The van der Waals surface area contributed by atoms with Gasteiger partial charge in [-0.3, -0.25) is 4.90 Å². The lowest BCUT2D eigenvalue weighted by atomic mass is 10.0. The number of aryl methyl sites for hydroxylation is 1. The fourth-order valence-corrected chi connectivity index (χ4v) is 4.03. The lowest BCUT2D eigenvalue weighted by Crippen LogP contribution is -2.44. The second kappa shape index (κ2) is 6.90. The average Bonchev–Trinajstić information content (AvgIpc) is 3.23. The summed E-state index contributed by atoms with van der Waals surface area (Å²) in [6, 6.07) is 10.4. The maximum absolute atomic E-state index is 11.2. The number of aliphatic hydroxyl groups is 1. The second-order valence-electron chi connectivity index (χ2n) is 7.64. The molecule has 4 rings (SSSR count). The Kier molecular flexibility index (Phi) is 4.57. The summed E-state index contributed by atoms with van der Waals surface area (Å²) in [5.74, 6) is 1.52. The van der Waals surface area contributed by atoms with Crippen LogP contribution in [0.25, 0.3) is 5.78 Å². The molecule has 0 spiro atoms. The number of β-amino-alcohol motifs (C(OH)–C–C–N with tert-alkyl or cyclic N) is 1. The molecule has 1 N–H and O–H groups in total. The van der Waals surface area contributed by atoms with Crippen LogP contribution in [0, 0.1) is 13.8 Å². The first-order chi connectivity index (χ1) is 13.0. The van der Waals surface area contributed by atoms with Crippen LogP contribution in [0.1, 0.15) is 23.2 Å². The van der Waals surface area contributed by atoms with E-state index < -0.39 is 5.60 Å². The molecule has 1 saturated heterocycles. The van der Waals surface area contributed by atoms with Crippen molar-refractivity contribution in [3.8, 4) is 0 Å². The van der Waals surface area contributed by atoms with Gasteiger partial charge in [0.25, 0.3) is 5.78 Å². The largest absolute Gasteiger partial charge is 0.387 e. The van der Waals surface area contributed by atoms with Crippen molar-refractivity contribution in [3.63, 3.8) is 0 Å². The average molecular weight is 366 g/mol. The van der Waals surface area contributed by atoms with Gasteiger partial charge in [-0.2, -0.15) is 14.6 Å². The zero-order chi connectivity index (χ0) is 19.0. The number of benzene rings is 1. The Labute approximate surface area is 159 Å². The number of likely N-dealkylation sites (N-methyl/N-ethyl adjacent to an activating group) is 1. The van der Waals surface area contributed by atoms with E-state index in [1.165, 1.54) is 11.9 Å². The van der Waals surface area contributed by atoms with Crippen molar-refractivity contribution in [1.82, 2.24) is 24.5 Å². The Morgan fingerprint density at radius 1 is 1.22 bits per heavy atom. The molecule has 1 unspecified atom stereocenters. The third-order valence-electron chi connectivity index (χ3n) is 5.43. The van der Waals surface area contributed by atoms with Crippen LogP contribution in [0.3, 0.4) is 0 Å². The lowest BCUT2D eigenvalue weighted by molar-refractivity contribution is 0.0560. The van der Waals surface area contributed by atoms with Gasteiger partial charge in [-0.1, -0.05) is 30.3 Å². The first-order valence-electron chi connectivity index (χ1n) is 9.32. The molecule has 7 nitrogen and oxygen atoms in total. The molecular weight excluding hydrogens is 340 g/mol. The van der Waals surface area contributed by atoms with Crippen molar-refractivity contribution in [3.05, 3.63) is 53.5 Å². The number of aromatic nitrogens is 4. The molecule has 0 amide bonds. The number of fused-ring (bicyclic) bond motifs is 1. The summed E-state index contributed by atoms with van der Waals surface area (Å²) in [6.07, 6.45) is 2.28. The second-order valence-corrected chi connectivity index (χ2v) is 7.64. The molecule has 1 fully saturated rings. The molecule has 7 heteroatoms. The van der Waals surface area contributed by atoms with Crippen LogP contribution in [0.5, 0.6) is 0 Å². The summed E-state index contributed by atoms with van der Waals surface area (Å²) in [5.41, 5.74) is 2.51. The fourth-order valence-electron chi connectivity index (χ4n) is 4.03. The predicted molar refractivity (Wildman–Crippen MR) is 105 cm³/mol. The van der Waals surface area contributed by atoms with Crippen LogP contribution >= 0.6 is 0 Å². The van der Waals surface area contributed by atoms with Crippen LogP contribution in [0.2, 0.25) is 0 Å². The Balaban J connectivity index is 1.51. The highest BCUT2D eigenvalue weighted by Crippen LogP contribution is 2.28. The van der Waals surface area contributed by atoms with E-state index in [1.54, 1.807) is 4.52 Å². The first kappa shape index (κ1) is 17.9. The normalized spacial score (nSPS) is 20.4. The minimum absolute atomic E-state index is 0.539. The zero-order valence-corrected chi connectivity index (χ0v) is 16.1. The van der Waals surface area contributed by atoms with Gasteiger partial charge in [-0.05, 0) is 25.8 Å². The van der Waals surface area contributed by atoms with Gasteiger partial charge in [-0.25, -0.2) is 4.98 Å². The molecule has 0 radical (unpaired) electrons. The van der Waals surface area contributed by atoms with Gasteiger partial charge in [0, 0.05) is 44.5 Å². The molecule has 27 heavy (non-hydrogen) atoms. The number of hydrogen-bond acceptors (Lipinski definition) is 6. The van der Waals surface area contributed by atoms with E-state index >= 15 is 0 Å². The van der Waals surface area contributed by atoms with Gasteiger partial charge >= 0.3 is 0 Å². The van der Waals surface area contributed by atoms with Crippen LogP contribution < -0.4 is 4.90 Å². The molecule has 3 heterocycles. The molecule has 0 aliphatic carbocycles. The molecule has 1 atom stereocenters. The monoisotopic (exact) mass is 366 g/mol. The summed E-state index contributed by atoms with van der Waals surface area (Å²) in [7, 11) is 2.00. The summed E-state index contributed by atoms with van der Waals surface area (Å²) >= 11 is 0. The van der Waals surface area contributed by atoms with Gasteiger partial charge in [0.05, 0.1) is 5.60 Å². The third-order valence-corrected chi connectivity index (χ3v) is 5.43. The molecular formula is C20H26N6O. The van der Waals surface area contributed by atoms with Gasteiger partial charge in [0.2, 0.25) is 0 Å². The predicted octanol–water partition coefficient (Wildman–Crippen LogP) is 1.81. The van der Waals surface area contributed by atoms with Crippen LogP contribution in [0.15, 0.2) is 36.7 Å². The van der Waals surface area contributed by atoms with E-state index in [2.05, 4.69) is 49.1 Å². The molecule has 0 saturated carbocycles. The van der Waals surface area contributed by atoms with Crippen molar-refractivity contribution in [1.29, 1.82) is 0 Å². The third kappa shape index (κ3) is 3.52. The number of rotatable bonds is 5. The standard InChI is InChI=1S/C20H26N6O/c1-15-16(2)23-19-21-14-22-26(19)18(15)24(3)12-20(27)9-10-25(13-20)11-17-7-5-4-6-8-17/h4-8,14,27H,9-13H2,1-3H3. The van der Waals surface area contributed by atoms with E-state index in [0.29, 0.717) is 18.9 Å². The highest BCUT2D eigenvalue weighted by atomic mass is 16.3. The summed E-state index contributed by atoms with van der Waals surface area (Å²) in [6.45, 7) is 6.98. The Morgan fingerprint density at radius 3 is 2.78 bits per heavy atom. The smallest absolute Gasteiger partial charge is 0.254 e. The minimum Gasteiger partial charge on any atom is -0.387 e. The van der Waals surface area contributed by atoms with Crippen molar-refractivity contribution < 1.29 is 5.11 Å². The molecule has 2 aromatic heterocycles. The molecule has 3 aromatic rings. The van der Waals surface area contributed by atoms with E-state index in [0.717, 1.165) is 36.6 Å². The summed E-state index contributed by atoms with van der Waals surface area (Å²) in [4.78, 5) is 13.1. The molecule has 142 valence electrons. The molecule has 1 aromatic carbocycles. The van der Waals surface area contributed by atoms with Crippen molar-refractivity contribution in [2.45, 2.75) is 32.4 Å².